The standard InChI is InChI=1S/C12H13Br2NO/c1-3-5-15(6-4-2)9-7-10(13)12(16)11(14)8-9/h3-4,7-8,16H,1-2,5-6H2. The van der Waals surface area contributed by atoms with E-state index in [0.717, 1.165) is 18.8 Å². The quantitative estimate of drug-likeness (QED) is 0.811. The lowest BCUT2D eigenvalue weighted by atomic mass is 10.2. The van der Waals surface area contributed by atoms with Gasteiger partial charge in [-0.3, -0.25) is 0 Å². The molecule has 0 radical (unpaired) electrons. The van der Waals surface area contributed by atoms with Gasteiger partial charge >= 0.3 is 0 Å². The fourth-order valence-corrected chi connectivity index (χ4v) is 2.49. The maximum atomic E-state index is 9.62. The zero-order chi connectivity index (χ0) is 12.1. The molecule has 1 N–H and O–H groups in total. The Morgan fingerprint density at radius 1 is 1.12 bits per heavy atom. The fraction of sp³-hybridized carbons (Fsp3) is 0.167. The molecule has 4 heteroatoms. The van der Waals surface area contributed by atoms with Gasteiger partial charge in [-0.05, 0) is 44.0 Å². The Morgan fingerprint density at radius 2 is 1.56 bits per heavy atom. The van der Waals surface area contributed by atoms with Crippen LogP contribution in [0, 0.1) is 0 Å². The van der Waals surface area contributed by atoms with Crippen molar-refractivity contribution in [3.63, 3.8) is 0 Å². The smallest absolute Gasteiger partial charge is 0.144 e. The van der Waals surface area contributed by atoms with Gasteiger partial charge in [0, 0.05) is 18.8 Å². The van der Waals surface area contributed by atoms with Crippen molar-refractivity contribution in [2.24, 2.45) is 0 Å². The normalized spacial score (nSPS) is 9.88. The molecule has 0 bridgehead atoms. The zero-order valence-corrected chi connectivity index (χ0v) is 12.0. The van der Waals surface area contributed by atoms with Gasteiger partial charge in [-0.15, -0.1) is 13.2 Å². The van der Waals surface area contributed by atoms with Crippen molar-refractivity contribution in [2.45, 2.75) is 0 Å². The monoisotopic (exact) mass is 345 g/mol. The first kappa shape index (κ1) is 13.3. The lowest BCUT2D eigenvalue weighted by Gasteiger charge is -2.22. The minimum atomic E-state index is 0.209. The van der Waals surface area contributed by atoms with Crippen LogP contribution in [0.15, 0.2) is 46.4 Å². The molecule has 0 aliphatic carbocycles. The molecule has 1 rings (SSSR count). The van der Waals surface area contributed by atoms with Crippen molar-refractivity contribution in [3.8, 4) is 5.75 Å². The third-order valence-corrected chi connectivity index (χ3v) is 3.27. The highest BCUT2D eigenvalue weighted by atomic mass is 79.9. The maximum absolute atomic E-state index is 9.62. The minimum absolute atomic E-state index is 0.209. The summed E-state index contributed by atoms with van der Waals surface area (Å²) in [5, 5.41) is 9.62. The van der Waals surface area contributed by atoms with Crippen molar-refractivity contribution < 1.29 is 5.11 Å². The molecule has 16 heavy (non-hydrogen) atoms. The van der Waals surface area contributed by atoms with Gasteiger partial charge in [0.05, 0.1) is 8.95 Å². The van der Waals surface area contributed by atoms with Crippen LogP contribution in [0.5, 0.6) is 5.75 Å². The van der Waals surface area contributed by atoms with Crippen LogP contribution >= 0.6 is 31.9 Å². The molecule has 0 amide bonds. The number of rotatable bonds is 5. The second-order valence-corrected chi connectivity index (χ2v) is 4.95. The number of nitrogens with zero attached hydrogens (tertiary/aromatic N) is 1. The number of benzene rings is 1. The topological polar surface area (TPSA) is 23.5 Å². The van der Waals surface area contributed by atoms with E-state index in [9.17, 15) is 5.11 Å². The molecule has 0 fully saturated rings. The minimum Gasteiger partial charge on any atom is -0.506 e. The molecule has 0 aromatic heterocycles. The van der Waals surface area contributed by atoms with Gasteiger partial charge < -0.3 is 10.0 Å². The number of halogens is 2. The first-order chi connectivity index (χ1) is 7.60. The van der Waals surface area contributed by atoms with Crippen molar-refractivity contribution in [1.82, 2.24) is 0 Å². The van der Waals surface area contributed by atoms with E-state index in [2.05, 4.69) is 49.9 Å². The van der Waals surface area contributed by atoms with Crippen molar-refractivity contribution in [2.75, 3.05) is 18.0 Å². The summed E-state index contributed by atoms with van der Waals surface area (Å²) in [6.07, 6.45) is 3.66. The van der Waals surface area contributed by atoms with E-state index in [1.165, 1.54) is 0 Å². The largest absolute Gasteiger partial charge is 0.506 e. The number of phenolic OH excluding ortho intramolecular Hbond substituents is 1. The summed E-state index contributed by atoms with van der Waals surface area (Å²) in [5.74, 6) is 0.209. The Bertz CT molecular complexity index is 371. The predicted molar refractivity (Wildman–Crippen MR) is 76.1 cm³/mol. The van der Waals surface area contributed by atoms with Crippen LogP contribution in [0.3, 0.4) is 0 Å². The van der Waals surface area contributed by atoms with Gasteiger partial charge in [0.2, 0.25) is 0 Å². The van der Waals surface area contributed by atoms with E-state index in [-0.39, 0.29) is 5.75 Å². The second-order valence-electron chi connectivity index (χ2n) is 3.24. The predicted octanol–water partition coefficient (Wildman–Crippen LogP) is 4.10. The van der Waals surface area contributed by atoms with Crippen molar-refractivity contribution in [1.29, 1.82) is 0 Å². The van der Waals surface area contributed by atoms with Crippen LogP contribution in [0.2, 0.25) is 0 Å². The number of anilines is 1. The van der Waals surface area contributed by atoms with E-state index in [0.29, 0.717) is 8.95 Å². The summed E-state index contributed by atoms with van der Waals surface area (Å²) in [7, 11) is 0. The van der Waals surface area contributed by atoms with Crippen molar-refractivity contribution in [3.05, 3.63) is 46.4 Å². The molecule has 0 saturated carbocycles. The van der Waals surface area contributed by atoms with Crippen LogP contribution in [0.1, 0.15) is 0 Å². The lowest BCUT2D eigenvalue weighted by molar-refractivity contribution is 0.468. The number of aromatic hydroxyl groups is 1. The van der Waals surface area contributed by atoms with Crippen LogP contribution < -0.4 is 4.90 Å². The Labute approximate surface area is 113 Å². The molecule has 0 unspecified atom stereocenters. The van der Waals surface area contributed by atoms with E-state index < -0.39 is 0 Å². The highest BCUT2D eigenvalue weighted by Crippen LogP contribution is 2.36. The van der Waals surface area contributed by atoms with Crippen LogP contribution in [0.25, 0.3) is 0 Å². The Kier molecular flexibility index (Phi) is 5.09. The zero-order valence-electron chi connectivity index (χ0n) is 8.79. The molecule has 0 heterocycles. The van der Waals surface area contributed by atoms with Gasteiger partial charge in [0.15, 0.2) is 0 Å². The molecular formula is C12H13Br2NO. The first-order valence-corrected chi connectivity index (χ1v) is 6.33. The van der Waals surface area contributed by atoms with Gasteiger partial charge in [0.25, 0.3) is 0 Å². The van der Waals surface area contributed by atoms with E-state index in [1.807, 2.05) is 24.3 Å². The van der Waals surface area contributed by atoms with Gasteiger partial charge in [-0.25, -0.2) is 0 Å². The molecule has 2 nitrogen and oxygen atoms in total. The van der Waals surface area contributed by atoms with Gasteiger partial charge in [-0.1, -0.05) is 12.2 Å². The molecule has 0 spiro atoms. The third-order valence-electron chi connectivity index (χ3n) is 2.07. The number of hydrogen-bond acceptors (Lipinski definition) is 2. The van der Waals surface area contributed by atoms with E-state index in [1.54, 1.807) is 0 Å². The molecule has 0 saturated heterocycles. The maximum Gasteiger partial charge on any atom is 0.144 e. The summed E-state index contributed by atoms with van der Waals surface area (Å²) in [6, 6.07) is 3.74. The summed E-state index contributed by atoms with van der Waals surface area (Å²) >= 11 is 6.62. The molecule has 86 valence electrons. The van der Waals surface area contributed by atoms with E-state index in [4.69, 9.17) is 0 Å². The summed E-state index contributed by atoms with van der Waals surface area (Å²) in [5.41, 5.74) is 0.997. The summed E-state index contributed by atoms with van der Waals surface area (Å²) in [4.78, 5) is 2.09. The van der Waals surface area contributed by atoms with Crippen LogP contribution in [0.4, 0.5) is 5.69 Å². The highest BCUT2D eigenvalue weighted by Gasteiger charge is 2.09. The molecule has 1 aromatic rings. The van der Waals surface area contributed by atoms with Gasteiger partial charge in [-0.2, -0.15) is 0 Å². The number of phenols is 1. The van der Waals surface area contributed by atoms with Crippen LogP contribution in [-0.4, -0.2) is 18.2 Å². The highest BCUT2D eigenvalue weighted by molar-refractivity contribution is 9.11. The molecule has 0 aliphatic heterocycles. The third kappa shape index (κ3) is 3.12. The Balaban J connectivity index is 3.08. The molecule has 1 aromatic carbocycles. The SMILES string of the molecule is C=CCN(CC=C)c1cc(Br)c(O)c(Br)c1. The average Bonchev–Trinajstić information content (AvgIpc) is 2.25. The Morgan fingerprint density at radius 3 is 1.94 bits per heavy atom. The Hall–Kier alpha value is -0.740. The summed E-state index contributed by atoms with van der Waals surface area (Å²) in [6.45, 7) is 8.91. The summed E-state index contributed by atoms with van der Waals surface area (Å²) < 4.78 is 1.32. The first-order valence-electron chi connectivity index (χ1n) is 4.75. The van der Waals surface area contributed by atoms with Crippen LogP contribution in [-0.2, 0) is 0 Å². The second kappa shape index (κ2) is 6.11. The molecule has 0 atom stereocenters. The van der Waals surface area contributed by atoms with E-state index >= 15 is 0 Å². The lowest BCUT2D eigenvalue weighted by Crippen LogP contribution is -2.22. The number of hydrogen-bond donors (Lipinski definition) is 1. The molecule has 0 aliphatic rings. The fourth-order valence-electron chi connectivity index (χ4n) is 1.33. The van der Waals surface area contributed by atoms with Crippen molar-refractivity contribution >= 4 is 37.5 Å². The van der Waals surface area contributed by atoms with Gasteiger partial charge in [0.1, 0.15) is 5.75 Å². The average molecular weight is 347 g/mol. The molecular weight excluding hydrogens is 334 g/mol.